The van der Waals surface area contributed by atoms with Crippen LogP contribution in [0, 0.1) is 0 Å². The molecule has 1 saturated heterocycles. The molecule has 2 atom stereocenters. The Hall–Kier alpha value is -1.06. The summed E-state index contributed by atoms with van der Waals surface area (Å²) in [6.07, 6.45) is 0.0633. The van der Waals surface area contributed by atoms with E-state index >= 15 is 0 Å². The van der Waals surface area contributed by atoms with Crippen LogP contribution in [0.5, 0.6) is 0 Å². The van der Waals surface area contributed by atoms with E-state index in [1.54, 1.807) is 13.8 Å². The maximum absolute atomic E-state index is 11.4. The second-order valence-electron chi connectivity index (χ2n) is 3.30. The van der Waals surface area contributed by atoms with E-state index in [-0.39, 0.29) is 24.0 Å². The van der Waals surface area contributed by atoms with E-state index < -0.39 is 0 Å². The number of nitrogens with zero attached hydrogens (tertiary/aromatic N) is 1. The summed E-state index contributed by atoms with van der Waals surface area (Å²) in [6.45, 7) is 5.70. The summed E-state index contributed by atoms with van der Waals surface area (Å²) >= 11 is 0. The van der Waals surface area contributed by atoms with Crippen LogP contribution in [-0.4, -0.2) is 35.5 Å². The van der Waals surface area contributed by atoms with Crippen molar-refractivity contribution in [2.75, 3.05) is 6.61 Å². The van der Waals surface area contributed by atoms with Crippen LogP contribution in [0.25, 0.3) is 0 Å². The number of likely N-dealkylation sites (tertiary alicyclic amines) is 1. The molecule has 1 aliphatic heterocycles. The number of ketones is 1. The van der Waals surface area contributed by atoms with Gasteiger partial charge in [-0.3, -0.25) is 9.69 Å². The van der Waals surface area contributed by atoms with Gasteiger partial charge in [-0.25, -0.2) is 4.79 Å². The lowest BCUT2D eigenvalue weighted by Crippen LogP contribution is -2.40. The smallest absolute Gasteiger partial charge is 0.410 e. The first-order valence-electron chi connectivity index (χ1n) is 4.55. The molecule has 13 heavy (non-hydrogen) atoms. The Balaban J connectivity index is 2.68. The minimum absolute atomic E-state index is 0.0263. The molecule has 0 radical (unpaired) electrons. The predicted molar refractivity (Wildman–Crippen MR) is 47.4 cm³/mol. The third-order valence-electron chi connectivity index (χ3n) is 2.33. The molecule has 1 amide bonds. The largest absolute Gasteiger partial charge is 0.450 e. The quantitative estimate of drug-likeness (QED) is 0.616. The number of Topliss-reactive ketones (excluding diaryl/α,β-unsaturated/α-hetero) is 1. The zero-order valence-corrected chi connectivity index (χ0v) is 8.24. The summed E-state index contributed by atoms with van der Waals surface area (Å²) in [7, 11) is 0. The van der Waals surface area contributed by atoms with E-state index in [9.17, 15) is 9.59 Å². The topological polar surface area (TPSA) is 46.6 Å². The van der Waals surface area contributed by atoms with Gasteiger partial charge in [0.2, 0.25) is 0 Å². The highest BCUT2D eigenvalue weighted by Crippen LogP contribution is 2.21. The molecule has 74 valence electrons. The molecule has 1 aliphatic rings. The van der Waals surface area contributed by atoms with Crippen LogP contribution < -0.4 is 0 Å². The van der Waals surface area contributed by atoms with Gasteiger partial charge in [0, 0.05) is 12.5 Å². The molecule has 0 saturated carbocycles. The van der Waals surface area contributed by atoms with Gasteiger partial charge < -0.3 is 4.74 Å². The molecule has 0 spiro atoms. The molecule has 0 aromatic carbocycles. The summed E-state index contributed by atoms with van der Waals surface area (Å²) in [6, 6.07) is -0.351. The molecular weight excluding hydrogens is 170 g/mol. The highest BCUT2D eigenvalue weighted by Gasteiger charge is 2.38. The van der Waals surface area contributed by atoms with Crippen LogP contribution in [-0.2, 0) is 9.53 Å². The van der Waals surface area contributed by atoms with Crippen LogP contribution in [0.1, 0.15) is 27.2 Å². The van der Waals surface area contributed by atoms with Gasteiger partial charge in [0.05, 0.1) is 12.6 Å². The normalized spacial score (nSPS) is 27.9. The molecular formula is C9H15NO3. The van der Waals surface area contributed by atoms with Gasteiger partial charge in [0.15, 0.2) is 5.78 Å². The average Bonchev–Trinajstić information content (AvgIpc) is 2.27. The van der Waals surface area contributed by atoms with Crippen molar-refractivity contribution in [3.8, 4) is 0 Å². The number of rotatable bonds is 1. The Kier molecular flexibility index (Phi) is 2.90. The standard InChI is InChI=1S/C9H15NO3/c1-4-13-9(12)10-6(2)5-8(11)7(10)3/h6-7H,4-5H2,1-3H3/t6-,7-/m1/s1. The third-order valence-corrected chi connectivity index (χ3v) is 2.33. The van der Waals surface area contributed by atoms with Crippen molar-refractivity contribution >= 4 is 11.9 Å². The van der Waals surface area contributed by atoms with Crippen molar-refractivity contribution < 1.29 is 14.3 Å². The van der Waals surface area contributed by atoms with Gasteiger partial charge in [0.25, 0.3) is 0 Å². The summed E-state index contributed by atoms with van der Waals surface area (Å²) in [5.74, 6) is 0.112. The predicted octanol–water partition coefficient (Wildman–Crippen LogP) is 1.19. The van der Waals surface area contributed by atoms with Gasteiger partial charge >= 0.3 is 6.09 Å². The first-order chi connectivity index (χ1) is 6.07. The van der Waals surface area contributed by atoms with E-state index in [0.29, 0.717) is 13.0 Å². The molecule has 4 heteroatoms. The zero-order chi connectivity index (χ0) is 10.0. The fraction of sp³-hybridized carbons (Fsp3) is 0.778. The molecule has 0 aromatic rings. The summed E-state index contributed by atoms with van der Waals surface area (Å²) < 4.78 is 4.85. The number of amides is 1. The Morgan fingerprint density at radius 1 is 1.62 bits per heavy atom. The van der Waals surface area contributed by atoms with Gasteiger partial charge in [-0.05, 0) is 20.8 Å². The second-order valence-corrected chi connectivity index (χ2v) is 3.30. The van der Waals surface area contributed by atoms with E-state index in [4.69, 9.17) is 4.74 Å². The fourth-order valence-corrected chi connectivity index (χ4v) is 1.63. The molecule has 0 unspecified atom stereocenters. The second kappa shape index (κ2) is 3.77. The molecule has 1 rings (SSSR count). The van der Waals surface area contributed by atoms with Crippen molar-refractivity contribution in [3.05, 3.63) is 0 Å². The zero-order valence-electron chi connectivity index (χ0n) is 8.24. The first-order valence-corrected chi connectivity index (χ1v) is 4.55. The molecule has 0 aromatic heterocycles. The van der Waals surface area contributed by atoms with Crippen LogP contribution >= 0.6 is 0 Å². The molecule has 0 bridgehead atoms. The van der Waals surface area contributed by atoms with Crippen molar-refractivity contribution in [2.45, 2.75) is 39.3 Å². The highest BCUT2D eigenvalue weighted by atomic mass is 16.6. The Morgan fingerprint density at radius 3 is 2.62 bits per heavy atom. The van der Waals surface area contributed by atoms with E-state index in [1.807, 2.05) is 6.92 Å². The van der Waals surface area contributed by atoms with Gasteiger partial charge in [-0.2, -0.15) is 0 Å². The number of carbonyl (C=O) groups is 2. The van der Waals surface area contributed by atoms with Gasteiger partial charge in [0.1, 0.15) is 0 Å². The maximum Gasteiger partial charge on any atom is 0.410 e. The first kappa shape index (κ1) is 10.0. The van der Waals surface area contributed by atoms with Crippen molar-refractivity contribution in [2.24, 2.45) is 0 Å². The van der Waals surface area contributed by atoms with E-state index in [2.05, 4.69) is 0 Å². The van der Waals surface area contributed by atoms with Crippen LogP contribution in [0.3, 0.4) is 0 Å². The lowest BCUT2D eigenvalue weighted by molar-refractivity contribution is -0.119. The summed E-state index contributed by atoms with van der Waals surface area (Å²) in [5.41, 5.74) is 0. The average molecular weight is 185 g/mol. The van der Waals surface area contributed by atoms with E-state index in [1.165, 1.54) is 4.90 Å². The minimum Gasteiger partial charge on any atom is -0.450 e. The third kappa shape index (κ3) is 1.82. The number of ether oxygens (including phenoxy) is 1. The lowest BCUT2D eigenvalue weighted by Gasteiger charge is -2.23. The van der Waals surface area contributed by atoms with Crippen molar-refractivity contribution in [1.82, 2.24) is 4.90 Å². The summed E-state index contributed by atoms with van der Waals surface area (Å²) in [4.78, 5) is 24.1. The Bertz CT molecular complexity index is 227. The Morgan fingerprint density at radius 2 is 2.23 bits per heavy atom. The monoisotopic (exact) mass is 185 g/mol. The van der Waals surface area contributed by atoms with Crippen LogP contribution in [0.2, 0.25) is 0 Å². The van der Waals surface area contributed by atoms with Crippen molar-refractivity contribution in [1.29, 1.82) is 0 Å². The van der Waals surface area contributed by atoms with E-state index in [0.717, 1.165) is 0 Å². The molecule has 4 nitrogen and oxygen atoms in total. The number of carbonyl (C=O) groups excluding carboxylic acids is 2. The Labute approximate surface area is 77.8 Å². The summed E-state index contributed by atoms with van der Waals surface area (Å²) in [5, 5.41) is 0. The molecule has 0 N–H and O–H groups in total. The molecule has 0 aliphatic carbocycles. The number of hydrogen-bond acceptors (Lipinski definition) is 3. The van der Waals surface area contributed by atoms with Crippen molar-refractivity contribution in [3.63, 3.8) is 0 Å². The maximum atomic E-state index is 11.4. The van der Waals surface area contributed by atoms with Gasteiger partial charge in [-0.15, -0.1) is 0 Å². The minimum atomic E-state index is -0.381. The lowest BCUT2D eigenvalue weighted by atomic mass is 10.2. The molecule has 1 heterocycles. The molecule has 1 fully saturated rings. The SMILES string of the molecule is CCOC(=O)N1[C@H](C)CC(=O)[C@H]1C. The van der Waals surface area contributed by atoms with Crippen LogP contribution in [0.4, 0.5) is 4.79 Å². The van der Waals surface area contributed by atoms with Crippen LogP contribution in [0.15, 0.2) is 0 Å². The number of hydrogen-bond donors (Lipinski definition) is 0. The van der Waals surface area contributed by atoms with Gasteiger partial charge in [-0.1, -0.05) is 0 Å². The fourth-order valence-electron chi connectivity index (χ4n) is 1.63. The highest BCUT2D eigenvalue weighted by molar-refractivity contribution is 5.90.